The Labute approximate surface area is 128 Å². The van der Waals surface area contributed by atoms with Gasteiger partial charge in [0, 0.05) is 12.1 Å². The molecule has 3 N–H and O–H groups in total. The molecule has 6 nitrogen and oxygen atoms in total. The van der Waals surface area contributed by atoms with Gasteiger partial charge < -0.3 is 11.1 Å². The Hall–Kier alpha value is -1.66. The topological polar surface area (TPSA) is 88.3 Å². The molecule has 1 saturated heterocycles. The fraction of sp³-hybridized carbons (Fsp3) is 0.500. The monoisotopic (exact) mass is 310 g/mol. The number of carbonyl (C=O) groups is 2. The minimum atomic E-state index is -0.281. The molecule has 1 aromatic heterocycles. The smallest absolute Gasteiger partial charge is 0.242 e. The van der Waals surface area contributed by atoms with Crippen molar-refractivity contribution < 1.29 is 9.59 Å². The van der Waals surface area contributed by atoms with Crippen molar-refractivity contribution in [3.05, 3.63) is 23.4 Å². The summed E-state index contributed by atoms with van der Waals surface area (Å²) in [5, 5.41) is 3.28. The number of likely N-dealkylation sites (tertiary alicyclic amines) is 1. The van der Waals surface area contributed by atoms with Gasteiger partial charge in [-0.05, 0) is 45.0 Å². The number of piperidine rings is 1. The quantitative estimate of drug-likeness (QED) is 0.876. The van der Waals surface area contributed by atoms with Crippen molar-refractivity contribution in [2.24, 2.45) is 11.7 Å². The van der Waals surface area contributed by atoms with Crippen molar-refractivity contribution in [3.63, 3.8) is 0 Å². The first-order valence-electron chi connectivity index (χ1n) is 6.93. The molecule has 0 spiro atoms. The standard InChI is InChI=1S/C14H19ClN4O2/c1-9(19-6-4-10(5-7-19)13(16)20)14(21)18-12-3-2-11(15)8-17-12/h2-3,8-10H,4-7H2,1H3,(H2,16,20)(H,17,18,21). The lowest BCUT2D eigenvalue weighted by atomic mass is 9.95. The van der Waals surface area contributed by atoms with Crippen molar-refractivity contribution in [3.8, 4) is 0 Å². The second-order valence-corrected chi connectivity index (χ2v) is 5.68. The first-order valence-corrected chi connectivity index (χ1v) is 7.31. The van der Waals surface area contributed by atoms with Crippen molar-refractivity contribution in [2.45, 2.75) is 25.8 Å². The molecule has 2 heterocycles. The van der Waals surface area contributed by atoms with E-state index in [0.717, 1.165) is 0 Å². The van der Waals surface area contributed by atoms with Crippen LogP contribution in [-0.2, 0) is 9.59 Å². The van der Waals surface area contributed by atoms with E-state index in [0.29, 0.717) is 36.8 Å². The summed E-state index contributed by atoms with van der Waals surface area (Å²) in [7, 11) is 0. The highest BCUT2D eigenvalue weighted by atomic mass is 35.5. The highest BCUT2D eigenvalue weighted by molar-refractivity contribution is 6.30. The molecule has 1 fully saturated rings. The first-order chi connectivity index (χ1) is 9.97. The van der Waals surface area contributed by atoms with Crippen LogP contribution in [0.15, 0.2) is 18.3 Å². The highest BCUT2D eigenvalue weighted by Crippen LogP contribution is 2.19. The molecule has 2 rings (SSSR count). The summed E-state index contributed by atoms with van der Waals surface area (Å²) >= 11 is 5.75. The van der Waals surface area contributed by atoms with Gasteiger partial charge in [0.1, 0.15) is 5.82 Å². The summed E-state index contributed by atoms with van der Waals surface area (Å²) in [4.78, 5) is 29.4. The van der Waals surface area contributed by atoms with Gasteiger partial charge in [-0.2, -0.15) is 0 Å². The lowest BCUT2D eigenvalue weighted by Crippen LogP contribution is -2.47. The predicted octanol–water partition coefficient (Wildman–Crippen LogP) is 1.26. The maximum atomic E-state index is 12.2. The number of hydrogen-bond donors (Lipinski definition) is 2. The zero-order chi connectivity index (χ0) is 15.4. The number of nitrogens with one attached hydrogen (secondary N) is 1. The zero-order valence-electron chi connectivity index (χ0n) is 11.9. The van der Waals surface area contributed by atoms with Gasteiger partial charge in [-0.3, -0.25) is 14.5 Å². The van der Waals surface area contributed by atoms with E-state index in [4.69, 9.17) is 17.3 Å². The van der Waals surface area contributed by atoms with Gasteiger partial charge in [0.05, 0.1) is 11.1 Å². The van der Waals surface area contributed by atoms with E-state index < -0.39 is 0 Å². The first kappa shape index (κ1) is 15.7. The average Bonchev–Trinajstić information content (AvgIpc) is 2.49. The normalized spacial score (nSPS) is 18.2. The summed E-state index contributed by atoms with van der Waals surface area (Å²) in [6.45, 7) is 3.22. The highest BCUT2D eigenvalue weighted by Gasteiger charge is 2.28. The van der Waals surface area contributed by atoms with Crippen LogP contribution in [-0.4, -0.2) is 40.8 Å². The SMILES string of the molecule is CC(C(=O)Nc1ccc(Cl)cn1)N1CCC(C(N)=O)CC1. The van der Waals surface area contributed by atoms with Gasteiger partial charge in [-0.25, -0.2) is 4.98 Å². The van der Waals surface area contributed by atoms with Gasteiger partial charge in [0.2, 0.25) is 11.8 Å². The number of aromatic nitrogens is 1. The van der Waals surface area contributed by atoms with Crippen LogP contribution in [0.4, 0.5) is 5.82 Å². The third-order valence-corrected chi connectivity index (χ3v) is 4.06. The van der Waals surface area contributed by atoms with E-state index in [-0.39, 0.29) is 23.8 Å². The number of amides is 2. The van der Waals surface area contributed by atoms with Crippen molar-refractivity contribution in [1.29, 1.82) is 0 Å². The largest absolute Gasteiger partial charge is 0.369 e. The van der Waals surface area contributed by atoms with Crippen LogP contribution in [0.1, 0.15) is 19.8 Å². The molecule has 0 aromatic carbocycles. The molecular weight excluding hydrogens is 292 g/mol. The van der Waals surface area contributed by atoms with E-state index in [1.165, 1.54) is 6.20 Å². The molecule has 21 heavy (non-hydrogen) atoms. The summed E-state index contributed by atoms with van der Waals surface area (Å²) < 4.78 is 0. The molecule has 1 atom stereocenters. The van der Waals surface area contributed by atoms with Crippen LogP contribution < -0.4 is 11.1 Å². The molecule has 114 valence electrons. The molecular formula is C14H19ClN4O2. The molecule has 0 bridgehead atoms. The minimum absolute atomic E-state index is 0.0746. The number of pyridine rings is 1. The van der Waals surface area contributed by atoms with Gasteiger partial charge >= 0.3 is 0 Å². The Morgan fingerprint density at radius 2 is 2.10 bits per heavy atom. The van der Waals surface area contributed by atoms with E-state index in [1.807, 2.05) is 11.8 Å². The molecule has 0 radical (unpaired) electrons. The van der Waals surface area contributed by atoms with Crippen LogP contribution in [0.5, 0.6) is 0 Å². The summed E-state index contributed by atoms with van der Waals surface area (Å²) in [6.07, 6.45) is 2.89. The fourth-order valence-electron chi connectivity index (χ4n) is 2.42. The molecule has 0 aliphatic carbocycles. The number of rotatable bonds is 4. The minimum Gasteiger partial charge on any atom is -0.369 e. The fourth-order valence-corrected chi connectivity index (χ4v) is 2.53. The molecule has 1 unspecified atom stereocenters. The number of hydrogen-bond acceptors (Lipinski definition) is 4. The predicted molar refractivity (Wildman–Crippen MR) is 80.8 cm³/mol. The lowest BCUT2D eigenvalue weighted by Gasteiger charge is -2.34. The van der Waals surface area contributed by atoms with Crippen molar-refractivity contribution in [2.75, 3.05) is 18.4 Å². The average molecular weight is 311 g/mol. The molecule has 1 aliphatic heterocycles. The summed E-state index contributed by atoms with van der Waals surface area (Å²) in [6, 6.07) is 3.05. The van der Waals surface area contributed by atoms with Crippen molar-refractivity contribution >= 4 is 29.2 Å². The van der Waals surface area contributed by atoms with E-state index in [1.54, 1.807) is 12.1 Å². The van der Waals surface area contributed by atoms with Crippen molar-refractivity contribution in [1.82, 2.24) is 9.88 Å². The Morgan fingerprint density at radius 1 is 1.43 bits per heavy atom. The number of halogens is 1. The number of primary amides is 1. The Bertz CT molecular complexity index is 512. The van der Waals surface area contributed by atoms with E-state index >= 15 is 0 Å². The summed E-state index contributed by atoms with van der Waals surface area (Å²) in [5.41, 5.74) is 5.31. The number of anilines is 1. The van der Waals surface area contributed by atoms with Crippen LogP contribution >= 0.6 is 11.6 Å². The van der Waals surface area contributed by atoms with E-state index in [9.17, 15) is 9.59 Å². The molecule has 0 saturated carbocycles. The number of nitrogens with zero attached hydrogens (tertiary/aromatic N) is 2. The number of nitrogens with two attached hydrogens (primary N) is 1. The third-order valence-electron chi connectivity index (χ3n) is 3.84. The lowest BCUT2D eigenvalue weighted by molar-refractivity contribution is -0.124. The second-order valence-electron chi connectivity index (χ2n) is 5.24. The van der Waals surface area contributed by atoms with Gasteiger partial charge in [0.25, 0.3) is 0 Å². The molecule has 7 heteroatoms. The Kier molecular flexibility index (Phi) is 5.14. The third kappa shape index (κ3) is 4.15. The zero-order valence-corrected chi connectivity index (χ0v) is 12.6. The second kappa shape index (κ2) is 6.87. The molecule has 2 amide bonds. The summed E-state index contributed by atoms with van der Waals surface area (Å²) in [5.74, 6) is 0.0252. The maximum absolute atomic E-state index is 12.2. The van der Waals surface area contributed by atoms with Crippen LogP contribution in [0.2, 0.25) is 5.02 Å². The van der Waals surface area contributed by atoms with Crippen LogP contribution in [0, 0.1) is 5.92 Å². The van der Waals surface area contributed by atoms with Gasteiger partial charge in [-0.15, -0.1) is 0 Å². The van der Waals surface area contributed by atoms with Crippen LogP contribution in [0.3, 0.4) is 0 Å². The van der Waals surface area contributed by atoms with Crippen LogP contribution in [0.25, 0.3) is 0 Å². The Balaban J connectivity index is 1.88. The Morgan fingerprint density at radius 3 is 2.62 bits per heavy atom. The van der Waals surface area contributed by atoms with E-state index in [2.05, 4.69) is 10.3 Å². The molecule has 1 aromatic rings. The molecule has 1 aliphatic rings. The van der Waals surface area contributed by atoms with Gasteiger partial charge in [0.15, 0.2) is 0 Å². The maximum Gasteiger partial charge on any atom is 0.242 e. The van der Waals surface area contributed by atoms with Gasteiger partial charge in [-0.1, -0.05) is 11.6 Å². The number of carbonyl (C=O) groups excluding carboxylic acids is 2.